The standard InChI is InChI=1S/C32H40O6/c1-23(2)31(33)37-21-35-29-17-13-27(14-18-29)11-9-25-5-7-26(8-6-25)10-12-28-15-19-30(20-16-28)36-22-38-32(34)24(3)4/h13-20,25-26H,1,3,5-12,21-22H2,2,4H3. The molecule has 0 aliphatic heterocycles. The molecule has 38 heavy (non-hydrogen) atoms. The Labute approximate surface area is 226 Å². The van der Waals surface area contributed by atoms with Crippen molar-refractivity contribution in [2.75, 3.05) is 13.6 Å². The smallest absolute Gasteiger partial charge is 0.335 e. The molecule has 1 fully saturated rings. The van der Waals surface area contributed by atoms with Gasteiger partial charge in [0.05, 0.1) is 0 Å². The highest BCUT2D eigenvalue weighted by Crippen LogP contribution is 2.34. The van der Waals surface area contributed by atoms with Crippen molar-refractivity contribution >= 4 is 11.9 Å². The van der Waals surface area contributed by atoms with Crippen LogP contribution in [0.1, 0.15) is 63.5 Å². The zero-order chi connectivity index (χ0) is 27.3. The number of benzene rings is 2. The van der Waals surface area contributed by atoms with Gasteiger partial charge in [-0.3, -0.25) is 0 Å². The Balaban J connectivity index is 1.28. The predicted molar refractivity (Wildman–Crippen MR) is 148 cm³/mol. The quantitative estimate of drug-likeness (QED) is 0.152. The fourth-order valence-electron chi connectivity index (χ4n) is 4.60. The van der Waals surface area contributed by atoms with Crippen LogP contribution in [0, 0.1) is 11.8 Å². The van der Waals surface area contributed by atoms with Gasteiger partial charge in [0.2, 0.25) is 13.6 Å². The molecular formula is C32H40O6. The van der Waals surface area contributed by atoms with Crippen molar-refractivity contribution in [1.82, 2.24) is 0 Å². The number of rotatable bonds is 14. The molecule has 0 spiro atoms. The van der Waals surface area contributed by atoms with Gasteiger partial charge in [-0.15, -0.1) is 0 Å². The topological polar surface area (TPSA) is 71.1 Å². The summed E-state index contributed by atoms with van der Waals surface area (Å²) in [6.07, 6.45) is 9.78. The number of ether oxygens (including phenoxy) is 4. The maximum Gasteiger partial charge on any atom is 0.335 e. The molecule has 1 aliphatic rings. The molecule has 0 saturated heterocycles. The van der Waals surface area contributed by atoms with E-state index in [1.54, 1.807) is 13.8 Å². The average molecular weight is 521 g/mol. The molecule has 0 N–H and O–H groups in total. The molecule has 0 unspecified atom stereocenters. The van der Waals surface area contributed by atoms with Gasteiger partial charge in [-0.2, -0.15) is 0 Å². The molecule has 1 aliphatic carbocycles. The zero-order valence-corrected chi connectivity index (χ0v) is 22.7. The fourth-order valence-corrected chi connectivity index (χ4v) is 4.60. The van der Waals surface area contributed by atoms with Crippen molar-refractivity contribution in [3.63, 3.8) is 0 Å². The van der Waals surface area contributed by atoms with Gasteiger partial charge >= 0.3 is 11.9 Å². The van der Waals surface area contributed by atoms with Crippen LogP contribution in [0.4, 0.5) is 0 Å². The van der Waals surface area contributed by atoms with Crippen molar-refractivity contribution in [3.05, 3.63) is 84.0 Å². The number of aryl methyl sites for hydroxylation is 2. The zero-order valence-electron chi connectivity index (χ0n) is 22.7. The average Bonchev–Trinajstić information content (AvgIpc) is 2.92. The van der Waals surface area contributed by atoms with Gasteiger partial charge in [-0.05, 0) is 86.8 Å². The Kier molecular flexibility index (Phi) is 11.5. The lowest BCUT2D eigenvalue weighted by Gasteiger charge is -2.28. The van der Waals surface area contributed by atoms with Crippen LogP contribution < -0.4 is 9.47 Å². The van der Waals surface area contributed by atoms with Crippen molar-refractivity contribution in [1.29, 1.82) is 0 Å². The lowest BCUT2D eigenvalue weighted by Crippen LogP contribution is -2.15. The Morgan fingerprint density at radius 2 is 1.00 bits per heavy atom. The molecule has 6 nitrogen and oxygen atoms in total. The first-order chi connectivity index (χ1) is 18.3. The van der Waals surface area contributed by atoms with E-state index in [1.807, 2.05) is 24.3 Å². The summed E-state index contributed by atoms with van der Waals surface area (Å²) in [6.45, 7) is 10.1. The second kappa shape index (κ2) is 15.0. The summed E-state index contributed by atoms with van der Waals surface area (Å²) in [5, 5.41) is 0. The van der Waals surface area contributed by atoms with Gasteiger partial charge in [-0.25, -0.2) is 9.59 Å². The van der Waals surface area contributed by atoms with Crippen LogP contribution in [0.3, 0.4) is 0 Å². The Hall–Kier alpha value is -3.54. The molecular weight excluding hydrogens is 480 g/mol. The summed E-state index contributed by atoms with van der Waals surface area (Å²) < 4.78 is 20.9. The highest BCUT2D eigenvalue weighted by molar-refractivity contribution is 5.87. The van der Waals surface area contributed by atoms with Gasteiger partial charge in [0.1, 0.15) is 11.5 Å². The molecule has 3 rings (SSSR count). The van der Waals surface area contributed by atoms with Crippen LogP contribution in [0.25, 0.3) is 0 Å². The van der Waals surface area contributed by atoms with Crippen molar-refractivity contribution in [2.45, 2.75) is 65.2 Å². The van der Waals surface area contributed by atoms with E-state index in [4.69, 9.17) is 18.9 Å². The van der Waals surface area contributed by atoms with E-state index in [0.717, 1.165) is 24.7 Å². The second-order valence-corrected chi connectivity index (χ2v) is 10.2. The van der Waals surface area contributed by atoms with Gasteiger partial charge in [0.25, 0.3) is 0 Å². The minimum atomic E-state index is -0.447. The third-order valence-corrected chi connectivity index (χ3v) is 7.02. The number of carbonyl (C=O) groups excluding carboxylic acids is 2. The molecule has 0 heterocycles. The van der Waals surface area contributed by atoms with Crippen LogP contribution >= 0.6 is 0 Å². The van der Waals surface area contributed by atoms with Crippen molar-refractivity contribution in [3.8, 4) is 11.5 Å². The number of hydrogen-bond acceptors (Lipinski definition) is 6. The molecule has 0 bridgehead atoms. The summed E-state index contributed by atoms with van der Waals surface area (Å²) in [6, 6.07) is 16.1. The number of carbonyl (C=O) groups is 2. The summed E-state index contributed by atoms with van der Waals surface area (Å²) >= 11 is 0. The first-order valence-corrected chi connectivity index (χ1v) is 13.4. The molecule has 2 aromatic rings. The maximum absolute atomic E-state index is 11.4. The lowest BCUT2D eigenvalue weighted by atomic mass is 9.77. The fraction of sp³-hybridized carbons (Fsp3) is 0.438. The molecule has 6 heteroatoms. The van der Waals surface area contributed by atoms with E-state index < -0.39 is 11.9 Å². The van der Waals surface area contributed by atoms with Crippen LogP contribution in [0.5, 0.6) is 11.5 Å². The van der Waals surface area contributed by atoms with Gasteiger partial charge in [-0.1, -0.05) is 63.1 Å². The normalized spacial score (nSPS) is 16.8. The first-order valence-electron chi connectivity index (χ1n) is 13.4. The predicted octanol–water partition coefficient (Wildman–Crippen LogP) is 6.97. The molecule has 2 aromatic carbocycles. The summed E-state index contributed by atoms with van der Waals surface area (Å²) in [4.78, 5) is 22.8. The molecule has 1 saturated carbocycles. The Bertz CT molecular complexity index is 975. The van der Waals surface area contributed by atoms with Crippen molar-refractivity contribution < 1.29 is 28.5 Å². The van der Waals surface area contributed by atoms with Gasteiger partial charge in [0.15, 0.2) is 0 Å². The van der Waals surface area contributed by atoms with Crippen LogP contribution in [0.15, 0.2) is 72.8 Å². The van der Waals surface area contributed by atoms with Crippen LogP contribution in [0.2, 0.25) is 0 Å². The highest BCUT2D eigenvalue weighted by atomic mass is 16.7. The second-order valence-electron chi connectivity index (χ2n) is 10.2. The van der Waals surface area contributed by atoms with E-state index in [2.05, 4.69) is 37.4 Å². The summed E-state index contributed by atoms with van der Waals surface area (Å²) in [5.74, 6) is 2.07. The Morgan fingerprint density at radius 1 is 0.658 bits per heavy atom. The third kappa shape index (κ3) is 10.1. The van der Waals surface area contributed by atoms with Gasteiger partial charge in [0, 0.05) is 11.1 Å². The highest BCUT2D eigenvalue weighted by Gasteiger charge is 2.21. The number of esters is 2. The summed E-state index contributed by atoms with van der Waals surface area (Å²) in [7, 11) is 0. The minimum absolute atomic E-state index is 0.108. The van der Waals surface area contributed by atoms with E-state index in [9.17, 15) is 9.59 Å². The molecule has 0 aromatic heterocycles. The van der Waals surface area contributed by atoms with E-state index >= 15 is 0 Å². The monoisotopic (exact) mass is 520 g/mol. The van der Waals surface area contributed by atoms with Crippen molar-refractivity contribution in [2.24, 2.45) is 11.8 Å². The van der Waals surface area contributed by atoms with Crippen LogP contribution in [-0.4, -0.2) is 25.5 Å². The summed E-state index contributed by atoms with van der Waals surface area (Å²) in [5.41, 5.74) is 3.33. The lowest BCUT2D eigenvalue weighted by molar-refractivity contribution is -0.146. The van der Waals surface area contributed by atoms with Gasteiger partial charge < -0.3 is 18.9 Å². The maximum atomic E-state index is 11.4. The molecule has 0 amide bonds. The Morgan fingerprint density at radius 3 is 1.32 bits per heavy atom. The van der Waals surface area contributed by atoms with Crippen LogP contribution in [-0.2, 0) is 31.9 Å². The molecule has 0 atom stereocenters. The molecule has 0 radical (unpaired) electrons. The first kappa shape index (κ1) is 29.0. The van der Waals surface area contributed by atoms with E-state index in [1.165, 1.54) is 49.7 Å². The number of hydrogen-bond donors (Lipinski definition) is 0. The SMILES string of the molecule is C=C(C)C(=O)OCOc1ccc(CCC2CCC(CCc3ccc(OCOC(=O)C(=C)C)cc3)CC2)cc1. The molecule has 204 valence electrons. The minimum Gasteiger partial charge on any atom is -0.457 e. The largest absolute Gasteiger partial charge is 0.457 e. The van der Waals surface area contributed by atoms with E-state index in [-0.39, 0.29) is 13.6 Å². The van der Waals surface area contributed by atoms with E-state index in [0.29, 0.717) is 22.6 Å². The third-order valence-electron chi connectivity index (χ3n) is 7.02.